The maximum Gasteiger partial charge on any atom is 0.408 e. The lowest BCUT2D eigenvalue weighted by Gasteiger charge is -2.07. The number of nitrogens with one attached hydrogen (secondary N) is 1. The lowest BCUT2D eigenvalue weighted by molar-refractivity contribution is -0.389. The lowest BCUT2D eigenvalue weighted by atomic mass is 10.2. The van der Waals surface area contributed by atoms with E-state index in [1.165, 1.54) is 16.8 Å². The molecular weight excluding hydrogens is 427 g/mol. The normalized spacial score (nSPS) is 11.0. The van der Waals surface area contributed by atoms with Crippen molar-refractivity contribution >= 4 is 29.0 Å². The fraction of sp³-hybridized carbons (Fsp3) is 0.350. The molecule has 0 aliphatic heterocycles. The van der Waals surface area contributed by atoms with Crippen molar-refractivity contribution in [3.63, 3.8) is 0 Å². The minimum atomic E-state index is -0.631. The second-order valence-corrected chi connectivity index (χ2v) is 7.56. The number of nitro groups is 1. The average Bonchev–Trinajstić information content (AvgIpc) is 3.15. The number of nitrogens with zero attached hydrogens (tertiary/aromatic N) is 5. The highest BCUT2D eigenvalue weighted by Gasteiger charge is 2.23. The molecule has 9 nitrogen and oxygen atoms in total. The molecule has 31 heavy (non-hydrogen) atoms. The Balaban J connectivity index is 1.59. The quantitative estimate of drug-likeness (QED) is 0.411. The second kappa shape index (κ2) is 9.25. The van der Waals surface area contributed by atoms with E-state index in [-0.39, 0.29) is 29.0 Å². The van der Waals surface area contributed by atoms with E-state index < -0.39 is 4.92 Å². The zero-order valence-electron chi connectivity index (χ0n) is 17.4. The summed E-state index contributed by atoms with van der Waals surface area (Å²) in [7, 11) is 0. The minimum Gasteiger partial charge on any atom is -0.358 e. The molecule has 11 heteroatoms. The summed E-state index contributed by atoms with van der Waals surface area (Å²) in [6, 6.07) is 6.18. The lowest BCUT2D eigenvalue weighted by Crippen LogP contribution is -2.14. The molecule has 164 valence electrons. The topological polar surface area (TPSA) is 108 Å². The van der Waals surface area contributed by atoms with Crippen LogP contribution in [0.25, 0.3) is 0 Å². The number of carbonyl (C=O) groups excluding carboxylic acids is 1. The van der Waals surface area contributed by atoms with E-state index in [4.69, 9.17) is 11.6 Å². The number of anilines is 1. The third-order valence-corrected chi connectivity index (χ3v) is 5.40. The van der Waals surface area contributed by atoms with Crippen molar-refractivity contribution in [1.29, 1.82) is 0 Å². The first-order valence-corrected chi connectivity index (χ1v) is 10.0. The summed E-state index contributed by atoms with van der Waals surface area (Å²) in [5, 5.41) is 22.2. The van der Waals surface area contributed by atoms with Gasteiger partial charge in [-0.15, -0.1) is 0 Å². The number of carbonyl (C=O) groups is 1. The Bertz CT molecular complexity index is 1120. The Hall–Kier alpha value is -3.27. The van der Waals surface area contributed by atoms with Crippen molar-refractivity contribution < 1.29 is 14.1 Å². The van der Waals surface area contributed by atoms with E-state index in [0.717, 1.165) is 11.3 Å². The second-order valence-electron chi connectivity index (χ2n) is 7.18. The van der Waals surface area contributed by atoms with Crippen LogP contribution in [0.4, 0.5) is 15.9 Å². The number of rotatable bonds is 8. The number of halogens is 2. The van der Waals surface area contributed by atoms with Crippen molar-refractivity contribution in [3.05, 3.63) is 67.9 Å². The van der Waals surface area contributed by atoms with Gasteiger partial charge in [0, 0.05) is 6.42 Å². The van der Waals surface area contributed by atoms with Gasteiger partial charge in [0.15, 0.2) is 5.02 Å². The maximum absolute atomic E-state index is 13.1. The van der Waals surface area contributed by atoms with Crippen LogP contribution in [0.2, 0.25) is 5.02 Å². The van der Waals surface area contributed by atoms with Crippen LogP contribution >= 0.6 is 11.6 Å². The van der Waals surface area contributed by atoms with Crippen molar-refractivity contribution in [2.75, 3.05) is 5.32 Å². The maximum atomic E-state index is 13.1. The van der Waals surface area contributed by atoms with Crippen molar-refractivity contribution in [2.45, 2.75) is 46.7 Å². The molecule has 2 heterocycles. The summed E-state index contributed by atoms with van der Waals surface area (Å²) in [6.45, 7) is 6.09. The Labute approximate surface area is 183 Å². The highest BCUT2D eigenvalue weighted by molar-refractivity contribution is 6.33. The molecule has 0 radical (unpaired) electrons. The SMILES string of the molecule is Cc1nn(Cc2ccc(F)cc2)c(C)c1NC(=O)CCCn1nc([N+](=O)[O-])c(Cl)c1C. The Kier molecular flexibility index (Phi) is 6.69. The molecule has 1 aromatic carbocycles. The molecule has 0 saturated heterocycles. The third-order valence-electron chi connectivity index (χ3n) is 4.95. The fourth-order valence-electron chi connectivity index (χ4n) is 3.23. The molecule has 0 aliphatic carbocycles. The number of amides is 1. The first-order valence-electron chi connectivity index (χ1n) is 9.63. The van der Waals surface area contributed by atoms with Crippen LogP contribution in [0.3, 0.4) is 0 Å². The minimum absolute atomic E-state index is 0.00858. The monoisotopic (exact) mass is 448 g/mol. The van der Waals surface area contributed by atoms with Crippen LogP contribution in [0.1, 0.15) is 35.5 Å². The predicted octanol–water partition coefficient (Wildman–Crippen LogP) is 4.17. The summed E-state index contributed by atoms with van der Waals surface area (Å²) in [6.07, 6.45) is 0.635. The van der Waals surface area contributed by atoms with Crippen molar-refractivity contribution in [3.8, 4) is 0 Å². The van der Waals surface area contributed by atoms with Gasteiger partial charge in [0.25, 0.3) is 0 Å². The average molecular weight is 449 g/mol. The number of hydrogen-bond donors (Lipinski definition) is 1. The van der Waals surface area contributed by atoms with Gasteiger partial charge in [0.1, 0.15) is 5.82 Å². The molecule has 0 saturated carbocycles. The van der Waals surface area contributed by atoms with E-state index in [0.29, 0.717) is 36.6 Å². The Morgan fingerprint density at radius 2 is 1.84 bits per heavy atom. The van der Waals surface area contributed by atoms with Crippen LogP contribution in [0.15, 0.2) is 24.3 Å². The molecule has 1 amide bonds. The third kappa shape index (κ3) is 5.08. The molecule has 0 bridgehead atoms. The highest BCUT2D eigenvalue weighted by atomic mass is 35.5. The van der Waals surface area contributed by atoms with Crippen molar-refractivity contribution in [1.82, 2.24) is 19.6 Å². The van der Waals surface area contributed by atoms with Gasteiger partial charge >= 0.3 is 5.82 Å². The van der Waals surface area contributed by atoms with E-state index in [9.17, 15) is 19.3 Å². The molecule has 0 spiro atoms. The summed E-state index contributed by atoms with van der Waals surface area (Å²) in [4.78, 5) is 22.7. The van der Waals surface area contributed by atoms with Crippen LogP contribution < -0.4 is 5.32 Å². The number of hydrogen-bond acceptors (Lipinski definition) is 5. The summed E-state index contributed by atoms with van der Waals surface area (Å²) < 4.78 is 16.3. The standard InChI is InChI=1S/C20H22ClFN6O3/c1-12-19(14(3)27(24-12)11-15-6-8-16(22)9-7-15)23-17(29)5-4-10-26-13(2)18(21)20(25-26)28(30)31/h6-9H,4-5,10-11H2,1-3H3,(H,23,29). The van der Waals surface area contributed by atoms with Crippen LogP contribution in [-0.2, 0) is 17.9 Å². The highest BCUT2D eigenvalue weighted by Crippen LogP contribution is 2.26. The summed E-state index contributed by atoms with van der Waals surface area (Å²) in [5.41, 5.74) is 3.50. The number of benzene rings is 1. The predicted molar refractivity (Wildman–Crippen MR) is 114 cm³/mol. The van der Waals surface area contributed by atoms with Crippen LogP contribution in [-0.4, -0.2) is 30.4 Å². The first-order chi connectivity index (χ1) is 14.7. The van der Waals surface area contributed by atoms with E-state index >= 15 is 0 Å². The molecule has 1 N–H and O–H groups in total. The Morgan fingerprint density at radius 3 is 2.45 bits per heavy atom. The number of aryl methyl sites for hydroxylation is 2. The van der Waals surface area contributed by atoms with Crippen LogP contribution in [0, 0.1) is 36.7 Å². The molecule has 0 unspecified atom stereocenters. The summed E-state index contributed by atoms with van der Waals surface area (Å²) >= 11 is 5.93. The molecule has 3 aromatic rings. The molecule has 0 atom stereocenters. The zero-order valence-corrected chi connectivity index (χ0v) is 18.1. The molecule has 0 fully saturated rings. The zero-order chi connectivity index (χ0) is 22.7. The summed E-state index contributed by atoms with van der Waals surface area (Å²) in [5.74, 6) is -0.881. The molecule has 2 aromatic heterocycles. The fourth-order valence-corrected chi connectivity index (χ4v) is 3.43. The van der Waals surface area contributed by atoms with Gasteiger partial charge in [-0.3, -0.25) is 9.48 Å². The van der Waals surface area contributed by atoms with Gasteiger partial charge in [-0.05, 0) is 49.8 Å². The van der Waals surface area contributed by atoms with Gasteiger partial charge in [0.05, 0.1) is 41.0 Å². The number of aromatic nitrogens is 4. The largest absolute Gasteiger partial charge is 0.408 e. The van der Waals surface area contributed by atoms with Gasteiger partial charge in [0.2, 0.25) is 5.91 Å². The molecular formula is C20H22ClFN6O3. The van der Waals surface area contributed by atoms with Gasteiger partial charge in [-0.2, -0.15) is 9.78 Å². The molecule has 0 aliphatic rings. The van der Waals surface area contributed by atoms with E-state index in [1.54, 1.807) is 30.7 Å². The van der Waals surface area contributed by atoms with Gasteiger partial charge in [-0.1, -0.05) is 23.7 Å². The Morgan fingerprint density at radius 1 is 1.16 bits per heavy atom. The first kappa shape index (κ1) is 22.4. The van der Waals surface area contributed by atoms with E-state index in [2.05, 4.69) is 15.5 Å². The van der Waals surface area contributed by atoms with Crippen LogP contribution in [0.5, 0.6) is 0 Å². The smallest absolute Gasteiger partial charge is 0.358 e. The van der Waals surface area contributed by atoms with Crippen molar-refractivity contribution in [2.24, 2.45) is 0 Å². The van der Waals surface area contributed by atoms with Gasteiger partial charge in [-0.25, -0.2) is 4.39 Å². The molecule has 3 rings (SSSR count). The van der Waals surface area contributed by atoms with Gasteiger partial charge < -0.3 is 15.4 Å². The van der Waals surface area contributed by atoms with E-state index in [1.807, 2.05) is 6.92 Å².